The Morgan fingerprint density at radius 2 is 1.75 bits per heavy atom. The van der Waals surface area contributed by atoms with Crippen LogP contribution in [0.15, 0.2) is 66.0 Å². The zero-order valence-corrected chi connectivity index (χ0v) is 11.0. The molecule has 0 saturated heterocycles. The summed E-state index contributed by atoms with van der Waals surface area (Å²) in [4.78, 5) is 20.3. The summed E-state index contributed by atoms with van der Waals surface area (Å²) in [5.41, 5.74) is 3.57. The first kappa shape index (κ1) is 12.3. The van der Waals surface area contributed by atoms with Crippen LogP contribution in [0.5, 0.6) is 0 Å². The van der Waals surface area contributed by atoms with Crippen LogP contribution in [0.2, 0.25) is 0 Å². The van der Waals surface area contributed by atoms with Gasteiger partial charge < -0.3 is 0 Å². The third-order valence-corrected chi connectivity index (χ3v) is 3.14. The summed E-state index contributed by atoms with van der Waals surface area (Å²) >= 11 is 0. The molecule has 0 aliphatic heterocycles. The van der Waals surface area contributed by atoms with Crippen LogP contribution >= 0.6 is 0 Å². The standard InChI is InChI=1S/C16H13N3O/c1-12-3-2-4-16(20)19(12)15-9-14(10-18-11-15)13-5-7-17-8-6-13/h2-11H,1H3. The van der Waals surface area contributed by atoms with Crippen molar-refractivity contribution in [2.45, 2.75) is 6.92 Å². The van der Waals surface area contributed by atoms with Crippen molar-refractivity contribution < 1.29 is 0 Å². The zero-order chi connectivity index (χ0) is 13.9. The highest BCUT2D eigenvalue weighted by molar-refractivity contribution is 5.64. The maximum atomic E-state index is 12.0. The molecule has 4 heteroatoms. The lowest BCUT2D eigenvalue weighted by atomic mass is 10.1. The smallest absolute Gasteiger partial charge is 0.255 e. The van der Waals surface area contributed by atoms with Gasteiger partial charge in [0.15, 0.2) is 0 Å². The van der Waals surface area contributed by atoms with Gasteiger partial charge in [0.05, 0.1) is 11.9 Å². The van der Waals surface area contributed by atoms with Crippen molar-refractivity contribution in [1.82, 2.24) is 14.5 Å². The van der Waals surface area contributed by atoms with E-state index in [1.807, 2.05) is 31.2 Å². The van der Waals surface area contributed by atoms with Crippen molar-refractivity contribution in [3.05, 3.63) is 77.2 Å². The van der Waals surface area contributed by atoms with E-state index >= 15 is 0 Å². The number of nitrogens with zero attached hydrogens (tertiary/aromatic N) is 3. The summed E-state index contributed by atoms with van der Waals surface area (Å²) < 4.78 is 1.65. The van der Waals surface area contributed by atoms with Crippen molar-refractivity contribution in [1.29, 1.82) is 0 Å². The van der Waals surface area contributed by atoms with Gasteiger partial charge in [0.25, 0.3) is 5.56 Å². The predicted octanol–water partition coefficient (Wildman–Crippen LogP) is 2.60. The van der Waals surface area contributed by atoms with Gasteiger partial charge in [-0.3, -0.25) is 19.3 Å². The lowest BCUT2D eigenvalue weighted by Gasteiger charge is -2.10. The van der Waals surface area contributed by atoms with Gasteiger partial charge in [-0.05, 0) is 36.8 Å². The second kappa shape index (κ2) is 5.09. The first-order valence-electron chi connectivity index (χ1n) is 6.30. The van der Waals surface area contributed by atoms with Crippen LogP contribution in [0.1, 0.15) is 5.69 Å². The Hall–Kier alpha value is -2.75. The molecule has 20 heavy (non-hydrogen) atoms. The van der Waals surface area contributed by atoms with Gasteiger partial charge in [0, 0.05) is 35.9 Å². The molecule has 3 aromatic rings. The number of pyridine rings is 3. The highest BCUT2D eigenvalue weighted by atomic mass is 16.1. The van der Waals surface area contributed by atoms with Crippen LogP contribution in [0, 0.1) is 6.92 Å². The fourth-order valence-electron chi connectivity index (χ4n) is 2.18. The second-order valence-corrected chi connectivity index (χ2v) is 4.51. The Morgan fingerprint density at radius 3 is 2.50 bits per heavy atom. The summed E-state index contributed by atoms with van der Waals surface area (Å²) in [6.45, 7) is 1.90. The molecule has 0 saturated carbocycles. The second-order valence-electron chi connectivity index (χ2n) is 4.51. The van der Waals surface area contributed by atoms with Gasteiger partial charge in [-0.1, -0.05) is 6.07 Å². The summed E-state index contributed by atoms with van der Waals surface area (Å²) in [5, 5.41) is 0. The lowest BCUT2D eigenvalue weighted by molar-refractivity contribution is 0.927. The van der Waals surface area contributed by atoms with Gasteiger partial charge in [-0.25, -0.2) is 0 Å². The minimum Gasteiger partial charge on any atom is -0.280 e. The van der Waals surface area contributed by atoms with E-state index in [4.69, 9.17) is 0 Å². The predicted molar refractivity (Wildman–Crippen MR) is 77.8 cm³/mol. The Kier molecular flexibility index (Phi) is 3.13. The SMILES string of the molecule is Cc1cccc(=O)n1-c1cncc(-c2ccncc2)c1. The normalized spacial score (nSPS) is 10.4. The van der Waals surface area contributed by atoms with Crippen molar-refractivity contribution in [2.75, 3.05) is 0 Å². The molecule has 0 amide bonds. The minimum atomic E-state index is -0.0568. The van der Waals surface area contributed by atoms with Crippen LogP contribution in [-0.2, 0) is 0 Å². The van der Waals surface area contributed by atoms with Gasteiger partial charge in [0.1, 0.15) is 0 Å². The quantitative estimate of drug-likeness (QED) is 0.714. The zero-order valence-electron chi connectivity index (χ0n) is 11.0. The number of rotatable bonds is 2. The Bertz CT molecular complexity index is 794. The maximum Gasteiger partial charge on any atom is 0.255 e. The molecule has 0 spiro atoms. The molecule has 0 radical (unpaired) electrons. The topological polar surface area (TPSA) is 47.8 Å². The Labute approximate surface area is 116 Å². The van der Waals surface area contributed by atoms with Crippen LogP contribution < -0.4 is 5.56 Å². The molecule has 0 fully saturated rings. The lowest BCUT2D eigenvalue weighted by Crippen LogP contribution is -2.19. The molecule has 0 unspecified atom stereocenters. The maximum absolute atomic E-state index is 12.0. The molecule has 0 N–H and O–H groups in total. The fraction of sp³-hybridized carbons (Fsp3) is 0.0625. The molecule has 0 aliphatic carbocycles. The average molecular weight is 263 g/mol. The fourth-order valence-corrected chi connectivity index (χ4v) is 2.18. The third kappa shape index (κ3) is 2.23. The van der Waals surface area contributed by atoms with E-state index in [0.717, 1.165) is 22.5 Å². The molecule has 3 aromatic heterocycles. The molecular formula is C16H13N3O. The molecule has 0 aromatic carbocycles. The summed E-state index contributed by atoms with van der Waals surface area (Å²) in [6, 6.07) is 11.0. The van der Waals surface area contributed by atoms with Crippen LogP contribution in [0.3, 0.4) is 0 Å². The van der Waals surface area contributed by atoms with Gasteiger partial charge in [0.2, 0.25) is 0 Å². The highest BCUT2D eigenvalue weighted by Gasteiger charge is 2.05. The summed E-state index contributed by atoms with van der Waals surface area (Å²) in [7, 11) is 0. The molecule has 3 heterocycles. The third-order valence-electron chi connectivity index (χ3n) is 3.14. The van der Waals surface area contributed by atoms with Crippen molar-refractivity contribution >= 4 is 0 Å². The van der Waals surface area contributed by atoms with E-state index in [2.05, 4.69) is 9.97 Å². The number of hydrogen-bond acceptors (Lipinski definition) is 3. The number of hydrogen-bond donors (Lipinski definition) is 0. The van der Waals surface area contributed by atoms with Gasteiger partial charge >= 0.3 is 0 Å². The molecular weight excluding hydrogens is 250 g/mol. The van der Waals surface area contributed by atoms with Crippen LogP contribution in [-0.4, -0.2) is 14.5 Å². The highest BCUT2D eigenvalue weighted by Crippen LogP contribution is 2.19. The molecule has 0 atom stereocenters. The van der Waals surface area contributed by atoms with Crippen molar-refractivity contribution in [2.24, 2.45) is 0 Å². The monoisotopic (exact) mass is 263 g/mol. The first-order chi connectivity index (χ1) is 9.75. The number of aryl methyl sites for hydroxylation is 1. The van der Waals surface area contributed by atoms with Gasteiger partial charge in [-0.15, -0.1) is 0 Å². The van der Waals surface area contributed by atoms with E-state index in [9.17, 15) is 4.79 Å². The average Bonchev–Trinajstić information content (AvgIpc) is 2.48. The Balaban J connectivity index is 2.16. The van der Waals surface area contributed by atoms with E-state index in [1.54, 1.807) is 41.5 Å². The molecule has 3 rings (SSSR count). The van der Waals surface area contributed by atoms with Gasteiger partial charge in [-0.2, -0.15) is 0 Å². The van der Waals surface area contributed by atoms with Crippen LogP contribution in [0.4, 0.5) is 0 Å². The van der Waals surface area contributed by atoms with E-state index in [1.165, 1.54) is 0 Å². The van der Waals surface area contributed by atoms with Crippen molar-refractivity contribution in [3.8, 4) is 16.8 Å². The molecule has 98 valence electrons. The molecule has 4 nitrogen and oxygen atoms in total. The summed E-state index contributed by atoms with van der Waals surface area (Å²) in [5.74, 6) is 0. The van der Waals surface area contributed by atoms with E-state index in [-0.39, 0.29) is 5.56 Å². The largest absolute Gasteiger partial charge is 0.280 e. The minimum absolute atomic E-state index is 0.0568. The first-order valence-corrected chi connectivity index (χ1v) is 6.30. The van der Waals surface area contributed by atoms with E-state index in [0.29, 0.717) is 0 Å². The number of aromatic nitrogens is 3. The van der Waals surface area contributed by atoms with Crippen LogP contribution in [0.25, 0.3) is 16.8 Å². The van der Waals surface area contributed by atoms with E-state index < -0.39 is 0 Å². The molecule has 0 bridgehead atoms. The molecule has 0 aliphatic rings. The van der Waals surface area contributed by atoms with Crippen molar-refractivity contribution in [3.63, 3.8) is 0 Å². The summed E-state index contributed by atoms with van der Waals surface area (Å²) in [6.07, 6.45) is 6.95. The Morgan fingerprint density at radius 1 is 0.950 bits per heavy atom.